The zero-order chi connectivity index (χ0) is 27.7. The maximum Gasteiger partial charge on any atom is 0.326 e. The second-order valence-electron chi connectivity index (χ2n) is 8.31. The predicted octanol–water partition coefficient (Wildman–Crippen LogP) is -2.52. The minimum Gasteiger partial charge on any atom is -0.480 e. The van der Waals surface area contributed by atoms with Crippen LogP contribution in [-0.2, 0) is 24.0 Å². The van der Waals surface area contributed by atoms with E-state index in [1.807, 2.05) is 0 Å². The summed E-state index contributed by atoms with van der Waals surface area (Å²) >= 11 is 8.19. The maximum atomic E-state index is 12.8. The number of carbonyl (C=O) groups is 5. The van der Waals surface area contributed by atoms with Crippen LogP contribution in [0.2, 0.25) is 0 Å². The van der Waals surface area contributed by atoms with Crippen molar-refractivity contribution >= 4 is 54.9 Å². The van der Waals surface area contributed by atoms with E-state index in [1.54, 1.807) is 0 Å². The number of hydrogen-bond donors (Lipinski definition) is 10. The molecule has 0 fully saturated rings. The highest BCUT2D eigenvalue weighted by atomic mass is 32.1. The number of nitrogens with two attached hydrogens (primary N) is 3. The van der Waals surface area contributed by atoms with E-state index in [4.69, 9.17) is 17.2 Å². The molecule has 15 heteroatoms. The van der Waals surface area contributed by atoms with E-state index in [0.29, 0.717) is 38.8 Å². The molecule has 0 aromatic heterocycles. The second kappa shape index (κ2) is 19.1. The smallest absolute Gasteiger partial charge is 0.326 e. The van der Waals surface area contributed by atoms with Gasteiger partial charge in [-0.3, -0.25) is 19.2 Å². The molecule has 0 rings (SSSR count). The Morgan fingerprint density at radius 3 is 1.39 bits per heavy atom. The van der Waals surface area contributed by atoms with E-state index in [1.165, 1.54) is 6.92 Å². The molecule has 13 nitrogen and oxygen atoms in total. The molecule has 0 saturated heterocycles. The van der Waals surface area contributed by atoms with Gasteiger partial charge in [0.15, 0.2) is 0 Å². The SMILES string of the molecule is C[C@H](N)C(=O)N[C@@H](CCCCN)C(=O)N[C@@H](CS)C(=O)N[C@@H](CS)C(=O)N[C@@H](CCCCN)C(=O)O. The Balaban J connectivity index is 5.23. The standard InChI is InChI=1S/C21H41N7O6S2/c1-12(24)17(29)25-13(6-2-4-8-22)18(30)27-16(11-36)20(32)28-15(10-35)19(31)26-14(21(33)34)7-3-5-9-23/h12-16,35-36H,2-11,22-24H2,1H3,(H,25,29)(H,26,31)(H,27,30)(H,28,32)(H,33,34)/t12-,13-,14-,15-,16-/m0/s1. The van der Waals surface area contributed by atoms with Crippen molar-refractivity contribution in [3.63, 3.8) is 0 Å². The molecule has 5 atom stereocenters. The molecular formula is C21H41N7O6S2. The summed E-state index contributed by atoms with van der Waals surface area (Å²) in [5.74, 6) is -4.03. The van der Waals surface area contributed by atoms with Gasteiger partial charge in [-0.2, -0.15) is 25.3 Å². The molecule has 208 valence electrons. The van der Waals surface area contributed by atoms with E-state index in [0.717, 1.165) is 0 Å². The molecule has 0 radical (unpaired) electrons. The van der Waals surface area contributed by atoms with E-state index in [-0.39, 0.29) is 24.3 Å². The molecule has 0 saturated carbocycles. The van der Waals surface area contributed by atoms with Crippen molar-refractivity contribution in [2.75, 3.05) is 24.6 Å². The summed E-state index contributed by atoms with van der Waals surface area (Å²) in [6.45, 7) is 2.29. The van der Waals surface area contributed by atoms with Gasteiger partial charge in [0.25, 0.3) is 0 Å². The van der Waals surface area contributed by atoms with Crippen LogP contribution in [0.15, 0.2) is 0 Å². The minimum absolute atomic E-state index is 0.105. The molecule has 0 bridgehead atoms. The number of unbranched alkanes of at least 4 members (excludes halogenated alkanes) is 2. The van der Waals surface area contributed by atoms with Crippen LogP contribution in [0, 0.1) is 0 Å². The van der Waals surface area contributed by atoms with Crippen LogP contribution in [0.4, 0.5) is 0 Å². The molecule has 0 aromatic carbocycles. The molecule has 36 heavy (non-hydrogen) atoms. The Kier molecular flexibility index (Phi) is 18.0. The Morgan fingerprint density at radius 1 is 0.667 bits per heavy atom. The topological polar surface area (TPSA) is 232 Å². The maximum absolute atomic E-state index is 12.8. The molecule has 4 amide bonds. The first-order valence-corrected chi connectivity index (χ1v) is 13.1. The minimum atomic E-state index is -1.21. The summed E-state index contributed by atoms with van der Waals surface area (Å²) in [5, 5.41) is 19.3. The van der Waals surface area contributed by atoms with Gasteiger partial charge in [-0.25, -0.2) is 4.79 Å². The summed E-state index contributed by atoms with van der Waals surface area (Å²) in [7, 11) is 0. The van der Waals surface area contributed by atoms with Crippen molar-refractivity contribution in [2.24, 2.45) is 17.2 Å². The van der Waals surface area contributed by atoms with Gasteiger partial charge in [-0.05, 0) is 58.5 Å². The lowest BCUT2D eigenvalue weighted by molar-refractivity contribution is -0.142. The van der Waals surface area contributed by atoms with Crippen LogP contribution in [0.5, 0.6) is 0 Å². The van der Waals surface area contributed by atoms with Crippen molar-refractivity contribution in [3.8, 4) is 0 Å². The molecule has 0 spiro atoms. The van der Waals surface area contributed by atoms with Gasteiger partial charge in [0.2, 0.25) is 23.6 Å². The Morgan fingerprint density at radius 2 is 1.03 bits per heavy atom. The lowest BCUT2D eigenvalue weighted by atomic mass is 10.1. The number of thiol groups is 2. The zero-order valence-electron chi connectivity index (χ0n) is 20.6. The molecule has 11 N–H and O–H groups in total. The van der Waals surface area contributed by atoms with Gasteiger partial charge in [0.1, 0.15) is 24.2 Å². The number of hydrogen-bond acceptors (Lipinski definition) is 10. The number of carboxylic acids is 1. The molecule has 0 heterocycles. The Bertz CT molecular complexity index is 729. The van der Waals surface area contributed by atoms with Crippen LogP contribution >= 0.6 is 25.3 Å². The third-order valence-electron chi connectivity index (χ3n) is 5.19. The van der Waals surface area contributed by atoms with E-state index in [9.17, 15) is 29.1 Å². The van der Waals surface area contributed by atoms with Gasteiger partial charge in [0, 0.05) is 11.5 Å². The normalized spacial score (nSPS) is 15.1. The number of carboxylic acid groups (broad SMARTS) is 1. The van der Waals surface area contributed by atoms with Crippen LogP contribution in [-0.4, -0.2) is 89.5 Å². The summed E-state index contributed by atoms with van der Waals surface area (Å²) in [6, 6.07) is -5.22. The fourth-order valence-electron chi connectivity index (χ4n) is 3.02. The van der Waals surface area contributed by atoms with Crippen molar-refractivity contribution in [1.29, 1.82) is 0 Å². The number of carbonyl (C=O) groups excluding carboxylic acids is 4. The van der Waals surface area contributed by atoms with Crippen LogP contribution < -0.4 is 38.5 Å². The average Bonchev–Trinajstić information content (AvgIpc) is 2.83. The first-order chi connectivity index (χ1) is 17.0. The summed E-state index contributed by atoms with van der Waals surface area (Å²) in [6.07, 6.45) is 2.77. The summed E-state index contributed by atoms with van der Waals surface area (Å²) in [5.41, 5.74) is 16.5. The Hall–Kier alpha value is -2.07. The van der Waals surface area contributed by atoms with Gasteiger partial charge < -0.3 is 43.6 Å². The van der Waals surface area contributed by atoms with Crippen LogP contribution in [0.25, 0.3) is 0 Å². The third kappa shape index (κ3) is 13.3. The average molecular weight is 552 g/mol. The fraction of sp³-hybridized carbons (Fsp3) is 0.762. The summed E-state index contributed by atoms with van der Waals surface area (Å²) in [4.78, 5) is 61.7. The van der Waals surface area contributed by atoms with Crippen molar-refractivity contribution in [2.45, 2.75) is 75.7 Å². The molecule has 0 unspecified atom stereocenters. The van der Waals surface area contributed by atoms with Crippen molar-refractivity contribution < 1.29 is 29.1 Å². The largest absolute Gasteiger partial charge is 0.480 e. The highest BCUT2D eigenvalue weighted by Crippen LogP contribution is 2.05. The van der Waals surface area contributed by atoms with E-state index >= 15 is 0 Å². The highest BCUT2D eigenvalue weighted by Gasteiger charge is 2.30. The van der Waals surface area contributed by atoms with Gasteiger partial charge >= 0.3 is 5.97 Å². The highest BCUT2D eigenvalue weighted by molar-refractivity contribution is 7.80. The van der Waals surface area contributed by atoms with Gasteiger partial charge in [-0.15, -0.1) is 0 Å². The first kappa shape index (κ1) is 33.9. The lowest BCUT2D eigenvalue weighted by Crippen LogP contribution is -2.59. The lowest BCUT2D eigenvalue weighted by Gasteiger charge is -2.25. The quantitative estimate of drug-likeness (QED) is 0.0601. The van der Waals surface area contributed by atoms with E-state index < -0.39 is 59.8 Å². The number of nitrogens with one attached hydrogen (secondary N) is 4. The van der Waals surface area contributed by atoms with Crippen LogP contribution in [0.1, 0.15) is 45.4 Å². The van der Waals surface area contributed by atoms with Gasteiger partial charge in [0.05, 0.1) is 6.04 Å². The molecule has 0 aliphatic heterocycles. The third-order valence-corrected chi connectivity index (χ3v) is 5.92. The first-order valence-electron chi connectivity index (χ1n) is 11.8. The van der Waals surface area contributed by atoms with Crippen LogP contribution in [0.3, 0.4) is 0 Å². The second-order valence-corrected chi connectivity index (χ2v) is 9.04. The van der Waals surface area contributed by atoms with Gasteiger partial charge in [-0.1, -0.05) is 0 Å². The number of rotatable bonds is 19. The predicted molar refractivity (Wildman–Crippen MR) is 143 cm³/mol. The number of amides is 4. The molecule has 0 aliphatic carbocycles. The molecule has 0 aliphatic rings. The monoisotopic (exact) mass is 551 g/mol. The number of aliphatic carboxylic acids is 1. The summed E-state index contributed by atoms with van der Waals surface area (Å²) < 4.78 is 0. The zero-order valence-corrected chi connectivity index (χ0v) is 22.4. The molecule has 0 aromatic rings. The van der Waals surface area contributed by atoms with Crippen molar-refractivity contribution in [1.82, 2.24) is 21.3 Å². The van der Waals surface area contributed by atoms with E-state index in [2.05, 4.69) is 46.5 Å². The molecular weight excluding hydrogens is 510 g/mol. The fourth-order valence-corrected chi connectivity index (χ4v) is 3.53. The Labute approximate surface area is 222 Å². The van der Waals surface area contributed by atoms with Crippen molar-refractivity contribution in [3.05, 3.63) is 0 Å².